The lowest BCUT2D eigenvalue weighted by Crippen LogP contribution is -1.80. The summed E-state index contributed by atoms with van der Waals surface area (Å²) in [6.07, 6.45) is 3.38. The summed E-state index contributed by atoms with van der Waals surface area (Å²) in [4.78, 5) is 8.72. The summed E-state index contributed by atoms with van der Waals surface area (Å²) in [5.41, 5.74) is 3.23. The van der Waals surface area contributed by atoms with Crippen LogP contribution in [-0.2, 0) is 0 Å². The second-order valence-electron chi connectivity index (χ2n) is 4.39. The Bertz CT molecular complexity index is 849. The Morgan fingerprint density at radius 3 is 2.75 bits per heavy atom. The van der Waals surface area contributed by atoms with E-state index in [0.717, 1.165) is 28.1 Å². The maximum absolute atomic E-state index is 5.72. The largest absolute Gasteiger partial charge is 0.464 e. The number of oxazole rings is 1. The highest BCUT2D eigenvalue weighted by atomic mass is 16.3. The summed E-state index contributed by atoms with van der Waals surface area (Å²) in [6, 6.07) is 15.2. The van der Waals surface area contributed by atoms with Crippen molar-refractivity contribution in [3.63, 3.8) is 0 Å². The Labute approximate surface area is 114 Å². The lowest BCUT2D eigenvalue weighted by molar-refractivity contribution is 0.582. The molecular weight excluding hydrogens is 252 g/mol. The maximum Gasteiger partial charge on any atom is 0.246 e. The number of hydrogen-bond donors (Lipinski definition) is 0. The molecule has 0 atom stereocenters. The maximum atomic E-state index is 5.72. The zero-order valence-corrected chi connectivity index (χ0v) is 10.5. The van der Waals surface area contributed by atoms with Gasteiger partial charge < -0.3 is 8.83 Å². The molecular formula is C16H10N2O2. The number of fused-ring (bicyclic) bond motifs is 1. The van der Waals surface area contributed by atoms with E-state index in [1.165, 1.54) is 0 Å². The lowest BCUT2D eigenvalue weighted by Gasteiger charge is -1.94. The van der Waals surface area contributed by atoms with Gasteiger partial charge >= 0.3 is 0 Å². The van der Waals surface area contributed by atoms with Crippen LogP contribution in [0.15, 0.2) is 69.8 Å². The predicted molar refractivity (Wildman–Crippen MR) is 74.9 cm³/mol. The molecule has 4 aromatic rings. The van der Waals surface area contributed by atoms with E-state index in [4.69, 9.17) is 8.83 Å². The van der Waals surface area contributed by atoms with E-state index in [-0.39, 0.29) is 0 Å². The van der Waals surface area contributed by atoms with Crippen molar-refractivity contribution in [3.8, 4) is 22.9 Å². The summed E-state index contributed by atoms with van der Waals surface area (Å²) < 4.78 is 11.1. The average molecular weight is 262 g/mol. The molecule has 1 aromatic carbocycles. The molecule has 0 saturated heterocycles. The molecule has 4 nitrogen and oxygen atoms in total. The van der Waals surface area contributed by atoms with Crippen LogP contribution in [-0.4, -0.2) is 9.97 Å². The Hall–Kier alpha value is -2.88. The molecule has 3 heterocycles. The summed E-state index contributed by atoms with van der Waals surface area (Å²) in [5, 5.41) is 0. The van der Waals surface area contributed by atoms with Gasteiger partial charge in [-0.2, -0.15) is 0 Å². The van der Waals surface area contributed by atoms with Gasteiger partial charge in [0.25, 0.3) is 0 Å². The monoisotopic (exact) mass is 262 g/mol. The Kier molecular flexibility index (Phi) is 2.39. The number of rotatable bonds is 2. The van der Waals surface area contributed by atoms with Crippen LogP contribution in [0.4, 0.5) is 0 Å². The van der Waals surface area contributed by atoms with Gasteiger partial charge in [0.15, 0.2) is 5.58 Å². The van der Waals surface area contributed by atoms with Crippen LogP contribution >= 0.6 is 0 Å². The van der Waals surface area contributed by atoms with E-state index in [2.05, 4.69) is 9.97 Å². The van der Waals surface area contributed by atoms with Crippen LogP contribution in [0, 0.1) is 0 Å². The van der Waals surface area contributed by atoms with Crippen LogP contribution in [0.3, 0.4) is 0 Å². The molecule has 4 rings (SSSR count). The number of benzene rings is 1. The molecule has 20 heavy (non-hydrogen) atoms. The van der Waals surface area contributed by atoms with E-state index < -0.39 is 0 Å². The highest BCUT2D eigenvalue weighted by Gasteiger charge is 2.10. The summed E-state index contributed by atoms with van der Waals surface area (Å²) >= 11 is 0. The standard InChI is InChI=1S/C16H10N2O2/c1-2-8-17-12(4-1)16-18-13-10-11(6-7-15(13)20-16)14-5-3-9-19-14/h1-10H. The van der Waals surface area contributed by atoms with Crippen molar-refractivity contribution in [2.45, 2.75) is 0 Å². The van der Waals surface area contributed by atoms with E-state index >= 15 is 0 Å². The summed E-state index contributed by atoms with van der Waals surface area (Å²) in [6.45, 7) is 0. The van der Waals surface area contributed by atoms with Crippen LogP contribution < -0.4 is 0 Å². The first-order chi connectivity index (χ1) is 9.90. The van der Waals surface area contributed by atoms with Crippen molar-refractivity contribution in [2.75, 3.05) is 0 Å². The molecule has 0 spiro atoms. The van der Waals surface area contributed by atoms with Crippen molar-refractivity contribution in [2.24, 2.45) is 0 Å². The fourth-order valence-electron chi connectivity index (χ4n) is 2.12. The highest BCUT2D eigenvalue weighted by Crippen LogP contribution is 2.27. The molecule has 0 aliphatic heterocycles. The minimum absolute atomic E-state index is 0.525. The molecule has 0 amide bonds. The van der Waals surface area contributed by atoms with Crippen molar-refractivity contribution >= 4 is 11.1 Å². The van der Waals surface area contributed by atoms with E-state index in [1.54, 1.807) is 12.5 Å². The Morgan fingerprint density at radius 2 is 1.95 bits per heavy atom. The summed E-state index contributed by atoms with van der Waals surface area (Å²) in [7, 11) is 0. The average Bonchev–Trinajstić information content (AvgIpc) is 3.16. The van der Waals surface area contributed by atoms with Gasteiger partial charge in [0.1, 0.15) is 17.0 Å². The third-order valence-electron chi connectivity index (χ3n) is 3.08. The SMILES string of the molecule is c1ccc(-c2nc3cc(-c4ccco4)ccc3o2)nc1. The molecule has 0 aliphatic rings. The molecule has 0 saturated carbocycles. The number of nitrogens with zero attached hydrogens (tertiary/aromatic N) is 2. The number of aromatic nitrogens is 2. The quantitative estimate of drug-likeness (QED) is 0.544. The number of hydrogen-bond acceptors (Lipinski definition) is 4. The van der Waals surface area contributed by atoms with Gasteiger partial charge in [-0.05, 0) is 42.5 Å². The molecule has 0 bridgehead atoms. The zero-order chi connectivity index (χ0) is 13.4. The van der Waals surface area contributed by atoms with Gasteiger partial charge in [-0.1, -0.05) is 6.07 Å². The Balaban J connectivity index is 1.84. The minimum atomic E-state index is 0.525. The highest BCUT2D eigenvalue weighted by molar-refractivity contribution is 5.80. The first-order valence-corrected chi connectivity index (χ1v) is 6.26. The van der Waals surface area contributed by atoms with Crippen LogP contribution in [0.1, 0.15) is 0 Å². The number of pyridine rings is 1. The Morgan fingerprint density at radius 1 is 0.950 bits per heavy atom. The molecule has 3 aromatic heterocycles. The molecule has 96 valence electrons. The molecule has 0 fully saturated rings. The van der Waals surface area contributed by atoms with Gasteiger partial charge in [0.05, 0.1) is 6.26 Å². The second-order valence-corrected chi connectivity index (χ2v) is 4.39. The molecule has 0 aliphatic carbocycles. The zero-order valence-electron chi connectivity index (χ0n) is 10.5. The van der Waals surface area contributed by atoms with Crippen LogP contribution in [0.2, 0.25) is 0 Å². The molecule has 0 radical (unpaired) electrons. The van der Waals surface area contributed by atoms with Crippen molar-refractivity contribution in [1.29, 1.82) is 0 Å². The normalized spacial score (nSPS) is 11.0. The third kappa shape index (κ3) is 1.78. The van der Waals surface area contributed by atoms with Crippen molar-refractivity contribution < 1.29 is 8.83 Å². The first-order valence-electron chi connectivity index (χ1n) is 6.26. The smallest absolute Gasteiger partial charge is 0.246 e. The van der Waals surface area contributed by atoms with Crippen LogP contribution in [0.25, 0.3) is 34.0 Å². The number of furan rings is 1. The first kappa shape index (κ1) is 11.0. The minimum Gasteiger partial charge on any atom is -0.464 e. The second kappa shape index (κ2) is 4.35. The van der Waals surface area contributed by atoms with Gasteiger partial charge in [0.2, 0.25) is 5.89 Å². The van der Waals surface area contributed by atoms with Crippen molar-refractivity contribution in [1.82, 2.24) is 9.97 Å². The van der Waals surface area contributed by atoms with Gasteiger partial charge in [0, 0.05) is 11.8 Å². The fourth-order valence-corrected chi connectivity index (χ4v) is 2.12. The van der Waals surface area contributed by atoms with E-state index in [1.807, 2.05) is 48.5 Å². The topological polar surface area (TPSA) is 52.1 Å². The predicted octanol–water partition coefficient (Wildman–Crippen LogP) is 4.15. The van der Waals surface area contributed by atoms with Gasteiger partial charge in [-0.15, -0.1) is 0 Å². The van der Waals surface area contributed by atoms with Gasteiger partial charge in [-0.3, -0.25) is 4.98 Å². The van der Waals surface area contributed by atoms with Crippen molar-refractivity contribution in [3.05, 3.63) is 61.0 Å². The van der Waals surface area contributed by atoms with Crippen LogP contribution in [0.5, 0.6) is 0 Å². The van der Waals surface area contributed by atoms with E-state index in [9.17, 15) is 0 Å². The molecule has 4 heteroatoms. The van der Waals surface area contributed by atoms with Gasteiger partial charge in [-0.25, -0.2) is 4.98 Å². The third-order valence-corrected chi connectivity index (χ3v) is 3.08. The fraction of sp³-hybridized carbons (Fsp3) is 0. The lowest BCUT2D eigenvalue weighted by atomic mass is 10.1. The summed E-state index contributed by atoms with van der Waals surface area (Å²) in [5.74, 6) is 1.34. The molecule has 0 N–H and O–H groups in total. The van der Waals surface area contributed by atoms with E-state index in [0.29, 0.717) is 5.89 Å². The molecule has 0 unspecified atom stereocenters.